The zero-order valence-corrected chi connectivity index (χ0v) is 13.1. The average molecular weight is 334 g/mol. The highest BCUT2D eigenvalue weighted by Gasteiger charge is 2.32. The van der Waals surface area contributed by atoms with Crippen molar-refractivity contribution in [2.45, 2.75) is 25.3 Å². The number of carboxylic acids is 1. The SMILES string of the molecule is O=C(O)[C@H]1CCCCN1C(=O)c1cnn(-c2ccc(Cl)cc2)c1. The lowest BCUT2D eigenvalue weighted by molar-refractivity contribution is -0.143. The fourth-order valence-corrected chi connectivity index (χ4v) is 2.89. The van der Waals surface area contributed by atoms with Crippen molar-refractivity contribution in [3.8, 4) is 5.69 Å². The molecule has 1 aromatic carbocycles. The van der Waals surface area contributed by atoms with Crippen molar-refractivity contribution in [3.05, 3.63) is 47.2 Å². The van der Waals surface area contributed by atoms with Gasteiger partial charge in [0.05, 0.1) is 17.4 Å². The Morgan fingerprint density at radius 2 is 1.96 bits per heavy atom. The number of piperidine rings is 1. The van der Waals surface area contributed by atoms with E-state index in [1.807, 2.05) is 0 Å². The number of hydrogen-bond acceptors (Lipinski definition) is 3. The lowest BCUT2D eigenvalue weighted by Crippen LogP contribution is -2.47. The van der Waals surface area contributed by atoms with E-state index in [9.17, 15) is 14.7 Å². The molecule has 0 aliphatic carbocycles. The first-order valence-electron chi connectivity index (χ1n) is 7.40. The Kier molecular flexibility index (Phi) is 4.34. The smallest absolute Gasteiger partial charge is 0.326 e. The number of benzene rings is 1. The number of hydrogen-bond donors (Lipinski definition) is 1. The van der Waals surface area contributed by atoms with Crippen molar-refractivity contribution in [1.29, 1.82) is 0 Å². The van der Waals surface area contributed by atoms with E-state index in [4.69, 9.17) is 11.6 Å². The summed E-state index contributed by atoms with van der Waals surface area (Å²) in [6.07, 6.45) is 5.21. The monoisotopic (exact) mass is 333 g/mol. The third kappa shape index (κ3) is 3.22. The quantitative estimate of drug-likeness (QED) is 0.936. The Bertz CT molecular complexity index is 726. The van der Waals surface area contributed by atoms with Gasteiger partial charge < -0.3 is 10.0 Å². The van der Waals surface area contributed by atoms with E-state index >= 15 is 0 Å². The van der Waals surface area contributed by atoms with Crippen molar-refractivity contribution < 1.29 is 14.7 Å². The second-order valence-corrected chi connectivity index (χ2v) is 5.93. The van der Waals surface area contributed by atoms with Gasteiger partial charge in [-0.15, -0.1) is 0 Å². The molecule has 1 aliphatic heterocycles. The topological polar surface area (TPSA) is 75.4 Å². The van der Waals surface area contributed by atoms with Crippen molar-refractivity contribution in [3.63, 3.8) is 0 Å². The minimum atomic E-state index is -0.955. The minimum Gasteiger partial charge on any atom is -0.480 e. The van der Waals surface area contributed by atoms with Crippen LogP contribution >= 0.6 is 11.6 Å². The van der Waals surface area contributed by atoms with Crippen molar-refractivity contribution in [2.75, 3.05) is 6.54 Å². The van der Waals surface area contributed by atoms with Crippen LogP contribution in [0.3, 0.4) is 0 Å². The van der Waals surface area contributed by atoms with Gasteiger partial charge >= 0.3 is 5.97 Å². The molecule has 0 spiro atoms. The third-order valence-electron chi connectivity index (χ3n) is 3.97. The summed E-state index contributed by atoms with van der Waals surface area (Å²) in [4.78, 5) is 25.4. The first-order valence-corrected chi connectivity index (χ1v) is 7.78. The molecule has 120 valence electrons. The van der Waals surface area contributed by atoms with Gasteiger partial charge in [0.2, 0.25) is 0 Å². The Morgan fingerprint density at radius 1 is 1.22 bits per heavy atom. The molecule has 2 heterocycles. The van der Waals surface area contributed by atoms with Crippen LogP contribution in [0.15, 0.2) is 36.7 Å². The molecule has 2 aromatic rings. The van der Waals surface area contributed by atoms with Gasteiger partial charge in [0.25, 0.3) is 5.91 Å². The first kappa shape index (κ1) is 15.6. The van der Waals surface area contributed by atoms with Crippen LogP contribution in [-0.2, 0) is 4.79 Å². The molecule has 23 heavy (non-hydrogen) atoms. The molecule has 1 atom stereocenters. The minimum absolute atomic E-state index is 0.294. The maximum Gasteiger partial charge on any atom is 0.326 e. The van der Waals surface area contributed by atoms with Gasteiger partial charge in [-0.2, -0.15) is 5.10 Å². The number of aliphatic carboxylic acids is 1. The molecule has 0 radical (unpaired) electrons. The normalized spacial score (nSPS) is 18.0. The number of carboxylic acid groups (broad SMARTS) is 1. The number of rotatable bonds is 3. The Balaban J connectivity index is 1.83. The fourth-order valence-electron chi connectivity index (χ4n) is 2.77. The van der Waals surface area contributed by atoms with Gasteiger partial charge in [-0.25, -0.2) is 9.48 Å². The standard InChI is InChI=1S/C16H16ClN3O3/c17-12-4-6-13(7-5-12)20-10-11(9-18-20)15(21)19-8-2-1-3-14(19)16(22)23/h4-7,9-10,14H,1-3,8H2,(H,22,23)/t14-/m1/s1. The molecule has 6 nitrogen and oxygen atoms in total. The van der Waals surface area contributed by atoms with Crippen LogP contribution in [0.2, 0.25) is 5.02 Å². The van der Waals surface area contributed by atoms with Crippen LogP contribution in [0.25, 0.3) is 5.69 Å². The number of nitrogens with zero attached hydrogens (tertiary/aromatic N) is 3. The van der Waals surface area contributed by atoms with Crippen LogP contribution in [0.1, 0.15) is 29.6 Å². The zero-order valence-electron chi connectivity index (χ0n) is 12.4. The largest absolute Gasteiger partial charge is 0.480 e. The second kappa shape index (κ2) is 6.42. The van der Waals surface area contributed by atoms with E-state index in [1.54, 1.807) is 35.1 Å². The molecule has 0 unspecified atom stereocenters. The van der Waals surface area contributed by atoms with Crippen molar-refractivity contribution >= 4 is 23.5 Å². The van der Waals surface area contributed by atoms with Crippen LogP contribution in [0, 0.1) is 0 Å². The van der Waals surface area contributed by atoms with Gasteiger partial charge in [-0.3, -0.25) is 4.79 Å². The predicted molar refractivity (Wildman–Crippen MR) is 84.9 cm³/mol. The maximum absolute atomic E-state index is 12.6. The van der Waals surface area contributed by atoms with Crippen LogP contribution in [-0.4, -0.2) is 44.3 Å². The first-order chi connectivity index (χ1) is 11.1. The molecular formula is C16H16ClN3O3. The summed E-state index contributed by atoms with van der Waals surface area (Å²) in [5.41, 5.74) is 1.16. The molecule has 0 bridgehead atoms. The molecule has 1 N–H and O–H groups in total. The molecule has 1 saturated heterocycles. The van der Waals surface area contributed by atoms with Crippen LogP contribution in [0.4, 0.5) is 0 Å². The van der Waals surface area contributed by atoms with E-state index in [2.05, 4.69) is 5.10 Å². The predicted octanol–water partition coefficient (Wildman–Crippen LogP) is 2.61. The Hall–Kier alpha value is -2.34. The molecule has 1 aliphatic rings. The van der Waals surface area contributed by atoms with Crippen LogP contribution in [0.5, 0.6) is 0 Å². The van der Waals surface area contributed by atoms with Gasteiger partial charge in [-0.05, 0) is 43.5 Å². The highest BCUT2D eigenvalue weighted by molar-refractivity contribution is 6.30. The van der Waals surface area contributed by atoms with Crippen molar-refractivity contribution in [2.24, 2.45) is 0 Å². The lowest BCUT2D eigenvalue weighted by atomic mass is 10.0. The van der Waals surface area contributed by atoms with E-state index in [0.717, 1.165) is 18.5 Å². The molecule has 1 amide bonds. The molecule has 0 saturated carbocycles. The number of halogens is 1. The zero-order chi connectivity index (χ0) is 16.4. The third-order valence-corrected chi connectivity index (χ3v) is 4.22. The second-order valence-electron chi connectivity index (χ2n) is 5.50. The summed E-state index contributed by atoms with van der Waals surface area (Å²) in [6.45, 7) is 0.460. The molecular weight excluding hydrogens is 318 g/mol. The van der Waals surface area contributed by atoms with Gasteiger partial charge in [0, 0.05) is 17.8 Å². The Labute approximate surface area is 138 Å². The van der Waals surface area contributed by atoms with E-state index in [0.29, 0.717) is 23.6 Å². The number of likely N-dealkylation sites (tertiary alicyclic amines) is 1. The summed E-state index contributed by atoms with van der Waals surface area (Å²) in [5, 5.41) is 14.1. The summed E-state index contributed by atoms with van der Waals surface area (Å²) in [6, 6.07) is 6.32. The Morgan fingerprint density at radius 3 is 2.65 bits per heavy atom. The molecule has 7 heteroatoms. The molecule has 3 rings (SSSR count). The highest BCUT2D eigenvalue weighted by atomic mass is 35.5. The number of carbonyl (C=O) groups excluding carboxylic acids is 1. The maximum atomic E-state index is 12.6. The van der Waals surface area contributed by atoms with E-state index in [1.165, 1.54) is 11.1 Å². The average Bonchev–Trinajstić information content (AvgIpc) is 3.04. The number of aromatic nitrogens is 2. The summed E-state index contributed by atoms with van der Waals surface area (Å²) in [5.74, 6) is -1.25. The van der Waals surface area contributed by atoms with Gasteiger partial charge in [-0.1, -0.05) is 11.6 Å². The van der Waals surface area contributed by atoms with E-state index in [-0.39, 0.29) is 5.91 Å². The van der Waals surface area contributed by atoms with Crippen molar-refractivity contribution in [1.82, 2.24) is 14.7 Å². The number of carbonyl (C=O) groups is 2. The van der Waals surface area contributed by atoms with Crippen LogP contribution < -0.4 is 0 Å². The molecule has 1 aromatic heterocycles. The molecule has 1 fully saturated rings. The lowest BCUT2D eigenvalue weighted by Gasteiger charge is -2.32. The van der Waals surface area contributed by atoms with Gasteiger partial charge in [0.15, 0.2) is 0 Å². The fraction of sp³-hybridized carbons (Fsp3) is 0.312. The summed E-state index contributed by atoms with van der Waals surface area (Å²) in [7, 11) is 0. The highest BCUT2D eigenvalue weighted by Crippen LogP contribution is 2.20. The van der Waals surface area contributed by atoms with E-state index < -0.39 is 12.0 Å². The summed E-state index contributed by atoms with van der Waals surface area (Å²) >= 11 is 5.86. The summed E-state index contributed by atoms with van der Waals surface area (Å²) < 4.78 is 1.57. The van der Waals surface area contributed by atoms with Gasteiger partial charge in [0.1, 0.15) is 6.04 Å². The number of amides is 1.